The number of nitrogens with two attached hydrogens (primary N) is 2. The number of rotatable bonds is 13. The summed E-state index contributed by atoms with van der Waals surface area (Å²) < 4.78 is 0. The van der Waals surface area contributed by atoms with Crippen LogP contribution in [-0.2, 0) is 38.4 Å². The summed E-state index contributed by atoms with van der Waals surface area (Å²) in [5, 5.41) is 17.9. The molecule has 4 amide bonds. The van der Waals surface area contributed by atoms with Crippen molar-refractivity contribution in [2.45, 2.75) is 69.6 Å². The second-order valence-electron chi connectivity index (χ2n) is 11.3. The molecule has 3 aromatic rings. The van der Waals surface area contributed by atoms with Crippen LogP contribution >= 0.6 is 0 Å². The van der Waals surface area contributed by atoms with Crippen LogP contribution in [0.3, 0.4) is 0 Å². The number of phenols is 1. The second kappa shape index (κ2) is 13.5. The highest BCUT2D eigenvalue weighted by molar-refractivity contribution is 5.98. The van der Waals surface area contributed by atoms with Gasteiger partial charge in [-0.2, -0.15) is 0 Å². The molecule has 1 fully saturated rings. The van der Waals surface area contributed by atoms with Crippen LogP contribution in [-0.4, -0.2) is 52.4 Å². The molecular formula is C33H39N5O5. The second-order valence-corrected chi connectivity index (χ2v) is 11.3. The lowest BCUT2D eigenvalue weighted by Gasteiger charge is -2.26. The van der Waals surface area contributed by atoms with Gasteiger partial charge < -0.3 is 32.5 Å². The number of carbonyl (C=O) groups excluding carboxylic acids is 4. The van der Waals surface area contributed by atoms with Crippen molar-refractivity contribution in [3.63, 3.8) is 0 Å². The van der Waals surface area contributed by atoms with Gasteiger partial charge in [0.25, 0.3) is 0 Å². The highest BCUT2D eigenvalue weighted by atomic mass is 16.3. The van der Waals surface area contributed by atoms with Crippen molar-refractivity contribution in [3.8, 4) is 5.75 Å². The van der Waals surface area contributed by atoms with Crippen LogP contribution in [0.2, 0.25) is 0 Å². The first kappa shape index (κ1) is 31.2. The van der Waals surface area contributed by atoms with Crippen molar-refractivity contribution in [2.75, 3.05) is 0 Å². The molecule has 0 radical (unpaired) electrons. The van der Waals surface area contributed by atoms with E-state index >= 15 is 0 Å². The van der Waals surface area contributed by atoms with Crippen LogP contribution in [0.4, 0.5) is 0 Å². The molecule has 10 nitrogen and oxygen atoms in total. The summed E-state index contributed by atoms with van der Waals surface area (Å²) in [6.45, 7) is 3.86. The van der Waals surface area contributed by atoms with Crippen molar-refractivity contribution in [1.29, 1.82) is 0 Å². The number of hydrogen-bond donors (Lipinski definition) is 6. The van der Waals surface area contributed by atoms with Crippen LogP contribution < -0.4 is 27.4 Å². The molecular weight excluding hydrogens is 546 g/mol. The van der Waals surface area contributed by atoms with Gasteiger partial charge in [0.15, 0.2) is 0 Å². The molecule has 0 saturated heterocycles. The Morgan fingerprint density at radius 3 is 1.95 bits per heavy atom. The lowest BCUT2D eigenvalue weighted by molar-refractivity contribution is -0.134. The van der Waals surface area contributed by atoms with Crippen LogP contribution in [0, 0.1) is 13.8 Å². The number of aryl methyl sites for hydroxylation is 2. The van der Waals surface area contributed by atoms with Gasteiger partial charge in [0, 0.05) is 12.8 Å². The number of primary amides is 1. The largest absolute Gasteiger partial charge is 0.508 e. The molecule has 0 spiro atoms. The Morgan fingerprint density at radius 1 is 0.767 bits per heavy atom. The van der Waals surface area contributed by atoms with Gasteiger partial charge in [-0.3, -0.25) is 19.2 Å². The van der Waals surface area contributed by atoms with E-state index in [9.17, 15) is 24.3 Å². The summed E-state index contributed by atoms with van der Waals surface area (Å²) in [5.74, 6) is -2.13. The van der Waals surface area contributed by atoms with Crippen molar-refractivity contribution in [2.24, 2.45) is 11.5 Å². The Bertz CT molecular complexity index is 1450. The number of carbonyl (C=O) groups is 4. The Morgan fingerprint density at radius 2 is 1.37 bits per heavy atom. The van der Waals surface area contributed by atoms with Crippen LogP contribution in [0.25, 0.3) is 0 Å². The molecule has 0 aliphatic heterocycles. The van der Waals surface area contributed by atoms with Gasteiger partial charge in [-0.1, -0.05) is 60.7 Å². The molecule has 1 saturated carbocycles. The fraction of sp³-hybridized carbons (Fsp3) is 0.333. The van der Waals surface area contributed by atoms with Gasteiger partial charge in [-0.25, -0.2) is 0 Å². The lowest BCUT2D eigenvalue weighted by atomic mass is 9.95. The number of aromatic hydroxyl groups is 1. The minimum absolute atomic E-state index is 0.108. The molecule has 10 heteroatoms. The standard InChI is InChI=1S/C33H39N5O5/c1-20-7-6-8-21(2)25(20)19-28(31(42)36-27(29(35)40)18-22-9-4-3-5-10-22)37-32(43)33(15-16-33)38-30(41)26(34)17-23-11-13-24(39)14-12-23/h3-14,26-28,39H,15-19,34H2,1-2H3,(H2,35,40)(H,36,42)(H,37,43)(H,38,41). The van der Waals surface area contributed by atoms with Crippen molar-refractivity contribution in [1.82, 2.24) is 16.0 Å². The maximum Gasteiger partial charge on any atom is 0.246 e. The van der Waals surface area contributed by atoms with Gasteiger partial charge in [-0.15, -0.1) is 0 Å². The molecule has 0 aromatic heterocycles. The molecule has 226 valence electrons. The van der Waals surface area contributed by atoms with E-state index in [1.54, 1.807) is 12.1 Å². The first-order chi connectivity index (χ1) is 20.5. The monoisotopic (exact) mass is 585 g/mol. The van der Waals surface area contributed by atoms with E-state index < -0.39 is 47.3 Å². The zero-order valence-corrected chi connectivity index (χ0v) is 24.4. The van der Waals surface area contributed by atoms with E-state index in [-0.39, 0.29) is 25.0 Å². The summed E-state index contributed by atoms with van der Waals surface area (Å²) in [4.78, 5) is 52.5. The first-order valence-electron chi connectivity index (χ1n) is 14.3. The quantitative estimate of drug-likeness (QED) is 0.177. The third-order valence-electron chi connectivity index (χ3n) is 7.89. The summed E-state index contributed by atoms with van der Waals surface area (Å²) in [5.41, 5.74) is 15.0. The Labute approximate surface area is 251 Å². The van der Waals surface area contributed by atoms with E-state index in [0.29, 0.717) is 12.8 Å². The third kappa shape index (κ3) is 8.20. The van der Waals surface area contributed by atoms with Gasteiger partial charge in [0.2, 0.25) is 23.6 Å². The summed E-state index contributed by atoms with van der Waals surface area (Å²) in [6, 6.07) is 18.4. The summed E-state index contributed by atoms with van der Waals surface area (Å²) >= 11 is 0. The molecule has 3 aromatic carbocycles. The van der Waals surface area contributed by atoms with E-state index in [1.807, 2.05) is 62.4 Å². The van der Waals surface area contributed by atoms with E-state index in [2.05, 4.69) is 16.0 Å². The lowest BCUT2D eigenvalue weighted by Crippen LogP contribution is -2.59. The molecule has 3 atom stereocenters. The zero-order chi connectivity index (χ0) is 31.1. The fourth-order valence-corrected chi connectivity index (χ4v) is 5.07. The van der Waals surface area contributed by atoms with Gasteiger partial charge in [-0.05, 0) is 73.1 Å². The van der Waals surface area contributed by atoms with Crippen LogP contribution in [0.15, 0.2) is 72.8 Å². The fourth-order valence-electron chi connectivity index (χ4n) is 5.07. The highest BCUT2D eigenvalue weighted by Crippen LogP contribution is 2.36. The molecule has 8 N–H and O–H groups in total. The number of phenolic OH excluding ortho intramolecular Hbond substituents is 1. The molecule has 3 unspecified atom stereocenters. The van der Waals surface area contributed by atoms with Crippen molar-refractivity contribution in [3.05, 3.63) is 101 Å². The third-order valence-corrected chi connectivity index (χ3v) is 7.89. The Kier molecular flexibility index (Phi) is 9.82. The number of nitrogens with one attached hydrogen (secondary N) is 3. The van der Waals surface area contributed by atoms with Crippen LogP contribution in [0.5, 0.6) is 5.75 Å². The minimum atomic E-state index is -1.18. The number of benzene rings is 3. The van der Waals surface area contributed by atoms with Gasteiger partial charge in [0.1, 0.15) is 23.4 Å². The first-order valence-corrected chi connectivity index (χ1v) is 14.3. The molecule has 0 bridgehead atoms. The predicted octanol–water partition coefficient (Wildman–Crippen LogP) is 1.47. The van der Waals surface area contributed by atoms with Crippen LogP contribution in [0.1, 0.15) is 40.7 Å². The average Bonchev–Trinajstić information content (AvgIpc) is 3.76. The maximum atomic E-state index is 13.7. The zero-order valence-electron chi connectivity index (χ0n) is 24.4. The maximum absolute atomic E-state index is 13.7. The van der Waals surface area contributed by atoms with E-state index in [0.717, 1.165) is 27.8 Å². The smallest absolute Gasteiger partial charge is 0.246 e. The molecule has 1 aliphatic carbocycles. The summed E-state index contributed by atoms with van der Waals surface area (Å²) in [6.07, 6.45) is 1.39. The Hall–Kier alpha value is -4.70. The van der Waals surface area contributed by atoms with Crippen molar-refractivity contribution >= 4 is 23.6 Å². The van der Waals surface area contributed by atoms with Gasteiger partial charge in [0.05, 0.1) is 6.04 Å². The topological polar surface area (TPSA) is 177 Å². The molecule has 43 heavy (non-hydrogen) atoms. The number of hydrogen-bond acceptors (Lipinski definition) is 6. The molecule has 0 heterocycles. The van der Waals surface area contributed by atoms with Gasteiger partial charge >= 0.3 is 0 Å². The average molecular weight is 586 g/mol. The predicted molar refractivity (Wildman–Crippen MR) is 163 cm³/mol. The Balaban J connectivity index is 1.49. The minimum Gasteiger partial charge on any atom is -0.508 e. The normalized spacial score (nSPS) is 15.4. The SMILES string of the molecule is Cc1cccc(C)c1CC(NC(=O)C1(NC(=O)C(N)Cc2ccc(O)cc2)CC1)C(=O)NC(Cc1ccccc1)C(N)=O. The highest BCUT2D eigenvalue weighted by Gasteiger charge is 2.52. The van der Waals surface area contributed by atoms with E-state index in [1.165, 1.54) is 12.1 Å². The number of amides is 4. The molecule has 1 aliphatic rings. The summed E-state index contributed by atoms with van der Waals surface area (Å²) in [7, 11) is 0. The van der Waals surface area contributed by atoms with E-state index in [4.69, 9.17) is 11.5 Å². The van der Waals surface area contributed by atoms with Crippen molar-refractivity contribution < 1.29 is 24.3 Å². The molecule has 4 rings (SSSR count).